The molecule has 28 nitrogen and oxygen atoms in total. The molecular weight excluding hydrogens is 878 g/mol. The number of hydrogen-bond donors (Lipinski definition) is 11. The third kappa shape index (κ3) is 10.6. The van der Waals surface area contributed by atoms with Gasteiger partial charge in [-0.05, 0) is 0 Å². The zero-order valence-corrected chi connectivity index (χ0v) is 35.5. The van der Waals surface area contributed by atoms with Gasteiger partial charge in [0, 0.05) is 42.7 Å². The molecule has 28 heteroatoms. The predicted octanol–water partition coefficient (Wildman–Crippen LogP) is -7.85. The van der Waals surface area contributed by atoms with Gasteiger partial charge in [-0.1, -0.05) is 0 Å². The first-order valence-electron chi connectivity index (χ1n) is 20.0. The van der Waals surface area contributed by atoms with Crippen molar-refractivity contribution in [3.63, 3.8) is 0 Å². The van der Waals surface area contributed by atoms with Crippen molar-refractivity contribution in [2.75, 3.05) is 62.5 Å². The quantitative estimate of drug-likeness (QED) is 0.0573. The zero-order chi connectivity index (χ0) is 47.3. The van der Waals surface area contributed by atoms with E-state index in [4.69, 9.17) is 76.8 Å². The van der Waals surface area contributed by atoms with Crippen LogP contribution in [0.4, 0.5) is 0 Å². The Bertz CT molecular complexity index is 1470. The van der Waals surface area contributed by atoms with Crippen LogP contribution in [0.3, 0.4) is 0 Å². The second-order valence-corrected chi connectivity index (χ2v) is 15.4. The summed E-state index contributed by atoms with van der Waals surface area (Å²) in [6.45, 7) is -2.32. The summed E-state index contributed by atoms with van der Waals surface area (Å²) in [5, 5.41) is 105. The lowest BCUT2D eigenvalue weighted by Gasteiger charge is -2.50. The fraction of sp³-hybridized carbons (Fsp3) is 0.944. The van der Waals surface area contributed by atoms with Crippen LogP contribution >= 0.6 is 0 Å². The lowest BCUT2D eigenvalue weighted by Crippen LogP contribution is -2.69. The number of methoxy groups -OCH3 is 6. The summed E-state index contributed by atoms with van der Waals surface area (Å²) in [6, 6.07) is -1.09. The minimum absolute atomic E-state index is 0.548. The van der Waals surface area contributed by atoms with Crippen LogP contribution in [-0.4, -0.2) is 279 Å². The molecule has 0 amide bonds. The van der Waals surface area contributed by atoms with Crippen LogP contribution in [0.2, 0.25) is 0 Å². The Balaban J connectivity index is 1.33. The smallest absolute Gasteiger partial charge is 0.335 e. The van der Waals surface area contributed by atoms with Gasteiger partial charge in [-0.15, -0.1) is 0 Å². The van der Waals surface area contributed by atoms with Crippen molar-refractivity contribution < 1.29 is 132 Å². The number of rotatable bonds is 19. The molecule has 64 heavy (non-hydrogen) atoms. The summed E-state index contributed by atoms with van der Waals surface area (Å²) in [5.41, 5.74) is 6.39. The maximum atomic E-state index is 12.7. The van der Waals surface area contributed by atoms with Gasteiger partial charge in [-0.3, -0.25) is 0 Å². The molecule has 25 atom stereocenters. The van der Waals surface area contributed by atoms with Crippen LogP contribution in [0.25, 0.3) is 0 Å². The van der Waals surface area contributed by atoms with Crippen LogP contribution in [0.15, 0.2) is 0 Å². The molecule has 0 aromatic heterocycles. The molecular formula is C36H61NO27. The van der Waals surface area contributed by atoms with Crippen molar-refractivity contribution in [3.05, 3.63) is 0 Å². The molecule has 0 saturated carbocycles. The van der Waals surface area contributed by atoms with Crippen LogP contribution in [0, 0.1) is 0 Å². The number of aliphatic carboxylic acids is 2. The fourth-order valence-corrected chi connectivity index (χ4v) is 8.53. The van der Waals surface area contributed by atoms with Gasteiger partial charge in [0.05, 0.1) is 25.9 Å². The van der Waals surface area contributed by atoms with Crippen molar-refractivity contribution in [1.82, 2.24) is 0 Å². The molecule has 5 rings (SSSR count). The Morgan fingerprint density at radius 3 is 1.19 bits per heavy atom. The first kappa shape index (κ1) is 52.9. The number of carboxylic acid groups (broad SMARTS) is 2. The van der Waals surface area contributed by atoms with E-state index >= 15 is 0 Å². The predicted molar refractivity (Wildman–Crippen MR) is 198 cm³/mol. The number of carbonyl (C=O) groups is 2. The molecule has 0 aromatic carbocycles. The first-order valence-corrected chi connectivity index (χ1v) is 20.0. The second-order valence-electron chi connectivity index (χ2n) is 15.4. The summed E-state index contributed by atoms with van der Waals surface area (Å²) in [7, 11) is 7.40. The normalized spacial score (nSPS) is 47.9. The van der Waals surface area contributed by atoms with E-state index < -0.39 is 185 Å². The first-order chi connectivity index (χ1) is 30.5. The largest absolute Gasteiger partial charge is 0.479 e. The molecule has 0 aromatic rings. The topological polar surface area (TPSA) is 401 Å². The molecule has 5 fully saturated rings. The molecule has 0 radical (unpaired) electrons. The van der Waals surface area contributed by atoms with Crippen molar-refractivity contribution >= 4 is 11.9 Å². The summed E-state index contributed by atoms with van der Waals surface area (Å²) in [6.07, 6.45) is -38.7. The molecule has 5 aliphatic heterocycles. The lowest BCUT2D eigenvalue weighted by atomic mass is 9.94. The van der Waals surface area contributed by atoms with Gasteiger partial charge in [-0.25, -0.2) is 9.59 Å². The number of ether oxygens (including phenoxy) is 15. The van der Waals surface area contributed by atoms with E-state index in [0.29, 0.717) is 0 Å². The Morgan fingerprint density at radius 1 is 0.422 bits per heavy atom. The fourth-order valence-electron chi connectivity index (χ4n) is 8.53. The standard InChI is InChI=1S/C36H61NO27/c1-50-20-12(9-40)57-33(13(37)21(20)51-2)61-24-22(52-3)28(54-5)36(63-26(24)30(45)46)60-19-11(8-39)58-34(17(44)15(19)42)62-25-23(53-4)29(55-6)35(64-27(25)31(47)48)59-18-10(7-38)56-32(49)16(43)14(18)41/h10-29,32-36,38-44,49H,7-9,37H2,1-6H3,(H,45,46)(H,47,48)/t10?,11-,12?,13?,14+,15?,16?,17?,18+,19+,20+,21+,22-,23?,24-,25-,26?,27+,28?,29?,32-,33-,34+,35-,36+/m0/s1. The number of carboxylic acids is 2. The Hall–Kier alpha value is -2.02. The second kappa shape index (κ2) is 23.3. The average Bonchev–Trinajstić information content (AvgIpc) is 3.28. The van der Waals surface area contributed by atoms with E-state index in [2.05, 4.69) is 0 Å². The molecule has 5 saturated heterocycles. The van der Waals surface area contributed by atoms with Gasteiger partial charge < -0.3 is 128 Å². The van der Waals surface area contributed by atoms with Crippen molar-refractivity contribution in [3.8, 4) is 0 Å². The highest BCUT2D eigenvalue weighted by Gasteiger charge is 2.59. The molecule has 0 bridgehead atoms. The number of aliphatic hydroxyl groups is 8. The highest BCUT2D eigenvalue weighted by molar-refractivity contribution is 5.74. The number of hydrogen-bond acceptors (Lipinski definition) is 26. The Labute approximate surface area is 365 Å². The monoisotopic (exact) mass is 939 g/mol. The van der Waals surface area contributed by atoms with E-state index in [1.807, 2.05) is 0 Å². The Morgan fingerprint density at radius 2 is 0.781 bits per heavy atom. The summed E-state index contributed by atoms with van der Waals surface area (Å²) in [4.78, 5) is 25.4. The average molecular weight is 940 g/mol. The van der Waals surface area contributed by atoms with Crippen molar-refractivity contribution in [2.24, 2.45) is 5.73 Å². The minimum atomic E-state index is -2.11. The highest BCUT2D eigenvalue weighted by Crippen LogP contribution is 2.38. The number of aliphatic hydroxyl groups excluding tert-OH is 8. The van der Waals surface area contributed by atoms with E-state index in [1.54, 1.807) is 0 Å². The third-order valence-electron chi connectivity index (χ3n) is 11.8. The molecule has 12 N–H and O–H groups in total. The zero-order valence-electron chi connectivity index (χ0n) is 35.5. The van der Waals surface area contributed by atoms with Gasteiger partial charge in [0.15, 0.2) is 43.7 Å². The SMILES string of the molecule is COC1C(OC)[C@H](O[C@H]2O[C@@H](CO)[C@@H](O[C@@H]3OC(C(=O)O)[C@@H](O[C@@H]4OC(CO)[C@@H](OC)[C@H](OC)C4N)[C@H](OC)C3OC)C(O)C2O)[C@H](C(=O)O)O[C@@H]1O[C@@H]1C(CO)O[C@H](O)C(O)[C@H]1O. The van der Waals surface area contributed by atoms with Crippen LogP contribution < -0.4 is 5.73 Å². The number of nitrogens with two attached hydrogens (primary N) is 1. The van der Waals surface area contributed by atoms with E-state index in [-0.39, 0.29) is 0 Å². The summed E-state index contributed by atoms with van der Waals surface area (Å²) >= 11 is 0. The van der Waals surface area contributed by atoms with E-state index in [0.717, 1.165) is 14.2 Å². The van der Waals surface area contributed by atoms with Crippen molar-refractivity contribution in [2.45, 2.75) is 153 Å². The lowest BCUT2D eigenvalue weighted by molar-refractivity contribution is -0.389. The van der Waals surface area contributed by atoms with Gasteiger partial charge in [-0.2, -0.15) is 0 Å². The molecule has 372 valence electrons. The van der Waals surface area contributed by atoms with Crippen molar-refractivity contribution in [1.29, 1.82) is 0 Å². The molecule has 5 heterocycles. The van der Waals surface area contributed by atoms with Gasteiger partial charge in [0.2, 0.25) is 0 Å². The summed E-state index contributed by atoms with van der Waals surface area (Å²) < 4.78 is 85.3. The molecule has 5 aliphatic rings. The van der Waals surface area contributed by atoms with E-state index in [9.17, 15) is 60.7 Å². The molecule has 0 aliphatic carbocycles. The Kier molecular flexibility index (Phi) is 19.3. The van der Waals surface area contributed by atoms with E-state index in [1.165, 1.54) is 28.4 Å². The van der Waals surface area contributed by atoms with Crippen LogP contribution in [0.5, 0.6) is 0 Å². The highest BCUT2D eigenvalue weighted by atomic mass is 16.8. The maximum absolute atomic E-state index is 12.7. The van der Waals surface area contributed by atoms with Crippen LogP contribution in [0.1, 0.15) is 0 Å². The maximum Gasteiger partial charge on any atom is 0.335 e. The third-order valence-corrected chi connectivity index (χ3v) is 11.8. The van der Waals surface area contributed by atoms with Gasteiger partial charge in [0.1, 0.15) is 104 Å². The summed E-state index contributed by atoms with van der Waals surface area (Å²) in [5.74, 6) is -3.27. The molecule has 10 unspecified atom stereocenters. The molecule has 0 spiro atoms. The van der Waals surface area contributed by atoms with Gasteiger partial charge in [0.25, 0.3) is 0 Å². The van der Waals surface area contributed by atoms with Crippen LogP contribution in [-0.2, 0) is 80.6 Å². The minimum Gasteiger partial charge on any atom is -0.479 e. The van der Waals surface area contributed by atoms with Gasteiger partial charge >= 0.3 is 11.9 Å².